The van der Waals surface area contributed by atoms with Crippen molar-refractivity contribution in [3.05, 3.63) is 48.0 Å². The maximum atomic E-state index is 4.49. The van der Waals surface area contributed by atoms with Crippen LogP contribution in [0.5, 0.6) is 0 Å². The van der Waals surface area contributed by atoms with Crippen molar-refractivity contribution in [1.82, 2.24) is 24.6 Å². The van der Waals surface area contributed by atoms with E-state index >= 15 is 0 Å². The predicted molar refractivity (Wildman–Crippen MR) is 104 cm³/mol. The Morgan fingerprint density at radius 1 is 0.962 bits per heavy atom. The normalized spacial score (nSPS) is 25.0. The number of nitrogens with zero attached hydrogens (tertiary/aromatic N) is 5. The van der Waals surface area contributed by atoms with Gasteiger partial charge in [-0.1, -0.05) is 30.3 Å². The zero-order valence-electron chi connectivity index (χ0n) is 16.0. The number of aromatic nitrogens is 3. The van der Waals surface area contributed by atoms with Crippen molar-refractivity contribution >= 4 is 0 Å². The van der Waals surface area contributed by atoms with Crippen molar-refractivity contribution in [3.8, 4) is 0 Å². The molecule has 0 radical (unpaired) electrons. The lowest BCUT2D eigenvalue weighted by Crippen LogP contribution is -2.52. The molecular formula is C21H31N5. The first kappa shape index (κ1) is 17.7. The van der Waals surface area contributed by atoms with E-state index in [-0.39, 0.29) is 0 Å². The highest BCUT2D eigenvalue weighted by Crippen LogP contribution is 2.39. The fourth-order valence-electron chi connectivity index (χ4n) is 4.94. The molecule has 5 heteroatoms. The molecule has 2 saturated heterocycles. The molecule has 2 aromatic rings. The Kier molecular flexibility index (Phi) is 5.36. The molecule has 0 aliphatic carbocycles. The Balaban J connectivity index is 1.40. The van der Waals surface area contributed by atoms with E-state index in [4.69, 9.17) is 0 Å². The molecule has 0 amide bonds. The van der Waals surface area contributed by atoms with E-state index in [0.717, 1.165) is 25.5 Å². The third-order valence-electron chi connectivity index (χ3n) is 6.09. The molecule has 1 aromatic heterocycles. The van der Waals surface area contributed by atoms with Crippen LogP contribution in [-0.2, 0) is 19.6 Å². The summed E-state index contributed by atoms with van der Waals surface area (Å²) in [4.78, 5) is 9.78. The zero-order chi connectivity index (χ0) is 17.8. The number of rotatable bonds is 5. The minimum Gasteiger partial charge on any atom is -0.298 e. The van der Waals surface area contributed by atoms with Gasteiger partial charge in [-0.05, 0) is 56.7 Å². The molecule has 0 saturated carbocycles. The van der Waals surface area contributed by atoms with Crippen LogP contribution in [0.3, 0.4) is 0 Å². The van der Waals surface area contributed by atoms with Crippen molar-refractivity contribution in [2.45, 2.75) is 52.2 Å². The Morgan fingerprint density at radius 2 is 1.65 bits per heavy atom. The third-order valence-corrected chi connectivity index (χ3v) is 6.09. The van der Waals surface area contributed by atoms with Gasteiger partial charge < -0.3 is 0 Å². The van der Waals surface area contributed by atoms with Crippen LogP contribution in [-0.4, -0.2) is 50.7 Å². The van der Waals surface area contributed by atoms with Crippen LogP contribution in [0.2, 0.25) is 0 Å². The van der Waals surface area contributed by atoms with Crippen LogP contribution in [0.1, 0.15) is 44.0 Å². The van der Waals surface area contributed by atoms with Gasteiger partial charge >= 0.3 is 0 Å². The van der Waals surface area contributed by atoms with Gasteiger partial charge in [-0.3, -0.25) is 9.80 Å². The number of likely N-dealkylation sites (tertiary alicyclic amines) is 2. The highest BCUT2D eigenvalue weighted by Gasteiger charge is 2.39. The molecule has 2 aliphatic rings. The number of piperidine rings is 2. The second-order valence-electron chi connectivity index (χ2n) is 8.11. The van der Waals surface area contributed by atoms with Crippen molar-refractivity contribution in [2.75, 3.05) is 26.2 Å². The molecule has 140 valence electrons. The molecular weight excluding hydrogens is 322 g/mol. The quantitative estimate of drug-likeness (QED) is 0.827. The summed E-state index contributed by atoms with van der Waals surface area (Å²) in [6.07, 6.45) is 7.07. The average Bonchev–Trinajstić information content (AvgIpc) is 3.10. The monoisotopic (exact) mass is 353 g/mol. The summed E-state index contributed by atoms with van der Waals surface area (Å²) in [6, 6.07) is 10.9. The summed E-state index contributed by atoms with van der Waals surface area (Å²) in [6.45, 7) is 9.93. The van der Waals surface area contributed by atoms with Crippen LogP contribution in [0.25, 0.3) is 0 Å². The van der Waals surface area contributed by atoms with Gasteiger partial charge in [0, 0.05) is 26.2 Å². The van der Waals surface area contributed by atoms with Gasteiger partial charge in [0.2, 0.25) is 0 Å². The number of benzene rings is 1. The Labute approximate surface area is 157 Å². The second kappa shape index (κ2) is 7.89. The Bertz CT molecular complexity index is 693. The molecule has 5 nitrogen and oxygen atoms in total. The fraction of sp³-hybridized carbons (Fsp3) is 0.619. The lowest BCUT2D eigenvalue weighted by molar-refractivity contribution is 0.00651. The minimum absolute atomic E-state index is 0.461. The van der Waals surface area contributed by atoms with Crippen LogP contribution in [0.15, 0.2) is 36.7 Å². The molecule has 0 N–H and O–H groups in total. The van der Waals surface area contributed by atoms with Crippen LogP contribution in [0, 0.1) is 5.41 Å². The first-order valence-corrected chi connectivity index (χ1v) is 10.1. The average molecular weight is 354 g/mol. The zero-order valence-corrected chi connectivity index (χ0v) is 16.0. The fourth-order valence-corrected chi connectivity index (χ4v) is 4.94. The van der Waals surface area contributed by atoms with E-state index in [2.05, 4.69) is 57.1 Å². The minimum atomic E-state index is 0.461. The first-order valence-electron chi connectivity index (χ1n) is 10.1. The molecule has 1 atom stereocenters. The summed E-state index contributed by atoms with van der Waals surface area (Å²) in [5, 5.41) is 4.33. The van der Waals surface area contributed by atoms with Gasteiger partial charge in [-0.2, -0.15) is 5.10 Å². The molecule has 1 spiro atoms. The van der Waals surface area contributed by atoms with E-state index < -0.39 is 0 Å². The van der Waals surface area contributed by atoms with Crippen molar-refractivity contribution in [1.29, 1.82) is 0 Å². The van der Waals surface area contributed by atoms with Crippen molar-refractivity contribution < 1.29 is 0 Å². The first-order chi connectivity index (χ1) is 12.8. The van der Waals surface area contributed by atoms with Crippen LogP contribution >= 0.6 is 0 Å². The maximum Gasteiger partial charge on any atom is 0.140 e. The van der Waals surface area contributed by atoms with E-state index in [1.807, 2.05) is 4.68 Å². The summed E-state index contributed by atoms with van der Waals surface area (Å²) in [7, 11) is 0. The number of hydrogen-bond donors (Lipinski definition) is 0. The van der Waals surface area contributed by atoms with Gasteiger partial charge in [0.25, 0.3) is 0 Å². The summed E-state index contributed by atoms with van der Waals surface area (Å²) in [5.74, 6) is 1.11. The van der Waals surface area contributed by atoms with E-state index in [9.17, 15) is 0 Å². The largest absolute Gasteiger partial charge is 0.298 e. The molecule has 2 fully saturated rings. The van der Waals surface area contributed by atoms with Gasteiger partial charge in [0.15, 0.2) is 0 Å². The maximum absolute atomic E-state index is 4.49. The standard InChI is InChI=1S/C21H31N5/c1-2-26-20(22-18-23-26)15-25-13-7-11-21(17-25)10-6-12-24(16-21)14-19-8-4-3-5-9-19/h3-5,8-9,18H,2,6-7,10-17H2,1H3/t21-/m0/s1. The molecule has 0 bridgehead atoms. The van der Waals surface area contributed by atoms with E-state index in [1.165, 1.54) is 57.4 Å². The van der Waals surface area contributed by atoms with Gasteiger partial charge in [0.1, 0.15) is 12.2 Å². The van der Waals surface area contributed by atoms with Gasteiger partial charge in [0.05, 0.1) is 6.54 Å². The van der Waals surface area contributed by atoms with Crippen LogP contribution < -0.4 is 0 Å². The summed E-state index contributed by atoms with van der Waals surface area (Å²) >= 11 is 0. The highest BCUT2D eigenvalue weighted by atomic mass is 15.3. The van der Waals surface area contributed by atoms with Crippen LogP contribution in [0.4, 0.5) is 0 Å². The molecule has 0 unspecified atom stereocenters. The molecule has 2 aliphatic heterocycles. The highest BCUT2D eigenvalue weighted by molar-refractivity contribution is 5.14. The summed E-state index contributed by atoms with van der Waals surface area (Å²) < 4.78 is 2.03. The van der Waals surface area contributed by atoms with Gasteiger partial charge in [-0.25, -0.2) is 9.67 Å². The van der Waals surface area contributed by atoms with Gasteiger partial charge in [-0.15, -0.1) is 0 Å². The lowest BCUT2D eigenvalue weighted by Gasteiger charge is -2.48. The number of aryl methyl sites for hydroxylation is 1. The van der Waals surface area contributed by atoms with E-state index in [1.54, 1.807) is 6.33 Å². The molecule has 1 aromatic carbocycles. The molecule has 3 heterocycles. The van der Waals surface area contributed by atoms with Crippen molar-refractivity contribution in [3.63, 3.8) is 0 Å². The Hall–Kier alpha value is -1.72. The third kappa shape index (κ3) is 3.99. The lowest BCUT2D eigenvalue weighted by atomic mass is 9.73. The summed E-state index contributed by atoms with van der Waals surface area (Å²) in [5.41, 5.74) is 1.90. The predicted octanol–water partition coefficient (Wildman–Crippen LogP) is 3.18. The smallest absolute Gasteiger partial charge is 0.140 e. The number of hydrogen-bond acceptors (Lipinski definition) is 4. The molecule has 4 rings (SSSR count). The molecule has 26 heavy (non-hydrogen) atoms. The Morgan fingerprint density at radius 3 is 2.35 bits per heavy atom. The van der Waals surface area contributed by atoms with Crippen molar-refractivity contribution in [2.24, 2.45) is 5.41 Å². The second-order valence-corrected chi connectivity index (χ2v) is 8.11. The topological polar surface area (TPSA) is 37.2 Å². The van der Waals surface area contributed by atoms with E-state index in [0.29, 0.717) is 5.41 Å². The SMILES string of the molecule is CCn1ncnc1CN1CCC[C@]2(CCCN(Cc3ccccc3)C2)C1.